The van der Waals surface area contributed by atoms with Crippen LogP contribution in [0.1, 0.15) is 28.9 Å². The van der Waals surface area contributed by atoms with E-state index in [1.165, 1.54) is 12.3 Å². The van der Waals surface area contributed by atoms with Gasteiger partial charge >= 0.3 is 6.18 Å². The van der Waals surface area contributed by atoms with Gasteiger partial charge in [-0.05, 0) is 30.4 Å². The molecule has 1 amide bonds. The summed E-state index contributed by atoms with van der Waals surface area (Å²) in [6, 6.07) is 4.71. The smallest absolute Gasteiger partial charge is 0.422 e. The standard InChI is InChI=1S/C19H18F3N5O2/c20-19(21,22)11-29-16-4-3-13(8-24-16)9-27-10-14-15(26-27)5-6-23-17(14)18(28)25-7-12-1-2-12/h3-6,8,10,12H,1-2,7,9,11H2,(H,25,28). The highest BCUT2D eigenvalue weighted by Gasteiger charge is 2.28. The van der Waals surface area contributed by atoms with E-state index in [2.05, 4.69) is 25.1 Å². The van der Waals surface area contributed by atoms with Crippen LogP contribution in [0.25, 0.3) is 10.9 Å². The second kappa shape index (κ2) is 7.69. The van der Waals surface area contributed by atoms with Crippen molar-refractivity contribution >= 4 is 16.8 Å². The predicted molar refractivity (Wildman–Crippen MR) is 97.5 cm³/mol. The maximum Gasteiger partial charge on any atom is 0.422 e. The van der Waals surface area contributed by atoms with Crippen molar-refractivity contribution in [1.29, 1.82) is 0 Å². The summed E-state index contributed by atoms with van der Waals surface area (Å²) in [4.78, 5) is 20.5. The van der Waals surface area contributed by atoms with Gasteiger partial charge in [-0.15, -0.1) is 0 Å². The van der Waals surface area contributed by atoms with Crippen LogP contribution in [-0.4, -0.2) is 45.0 Å². The number of hydrogen-bond donors (Lipinski definition) is 1. The summed E-state index contributed by atoms with van der Waals surface area (Å²) in [5.74, 6) is 0.238. The maximum absolute atomic E-state index is 12.4. The number of fused-ring (bicyclic) bond motifs is 1. The van der Waals surface area contributed by atoms with Crippen LogP contribution in [0.5, 0.6) is 5.88 Å². The zero-order valence-corrected chi connectivity index (χ0v) is 15.3. The van der Waals surface area contributed by atoms with Crippen LogP contribution in [0.3, 0.4) is 0 Å². The fourth-order valence-corrected chi connectivity index (χ4v) is 2.83. The molecule has 1 saturated carbocycles. The van der Waals surface area contributed by atoms with Crippen LogP contribution < -0.4 is 10.1 Å². The summed E-state index contributed by atoms with van der Waals surface area (Å²) in [5, 5.41) is 7.97. The number of carbonyl (C=O) groups is 1. The van der Waals surface area contributed by atoms with Crippen molar-refractivity contribution < 1.29 is 22.7 Å². The number of amides is 1. The number of aromatic nitrogens is 4. The first kappa shape index (κ1) is 19.2. The van der Waals surface area contributed by atoms with E-state index in [0.717, 1.165) is 18.4 Å². The molecule has 3 aromatic rings. The lowest BCUT2D eigenvalue weighted by molar-refractivity contribution is -0.154. The fourth-order valence-electron chi connectivity index (χ4n) is 2.83. The van der Waals surface area contributed by atoms with Crippen LogP contribution in [0, 0.1) is 5.92 Å². The average Bonchev–Trinajstić information content (AvgIpc) is 3.42. The first-order valence-corrected chi connectivity index (χ1v) is 9.12. The number of pyridine rings is 2. The van der Waals surface area contributed by atoms with Crippen LogP contribution in [0.15, 0.2) is 36.8 Å². The van der Waals surface area contributed by atoms with Crippen molar-refractivity contribution in [3.05, 3.63) is 48.0 Å². The summed E-state index contributed by atoms with van der Waals surface area (Å²) < 4.78 is 42.8. The third-order valence-corrected chi connectivity index (χ3v) is 4.47. The molecule has 0 unspecified atom stereocenters. The van der Waals surface area contributed by atoms with E-state index in [0.29, 0.717) is 35.6 Å². The molecule has 0 saturated heterocycles. The minimum Gasteiger partial charge on any atom is -0.468 e. The Kier molecular flexibility index (Phi) is 5.08. The number of nitrogens with zero attached hydrogens (tertiary/aromatic N) is 4. The molecule has 4 rings (SSSR count). The predicted octanol–water partition coefficient (Wildman–Crippen LogP) is 2.96. The van der Waals surface area contributed by atoms with Gasteiger partial charge in [-0.2, -0.15) is 18.3 Å². The summed E-state index contributed by atoms with van der Waals surface area (Å²) in [7, 11) is 0. The van der Waals surface area contributed by atoms with Crippen LogP contribution in [-0.2, 0) is 6.54 Å². The number of ether oxygens (including phenoxy) is 1. The Balaban J connectivity index is 1.45. The van der Waals surface area contributed by atoms with Crippen molar-refractivity contribution in [3.8, 4) is 5.88 Å². The monoisotopic (exact) mass is 405 g/mol. The topological polar surface area (TPSA) is 81.9 Å². The molecule has 0 spiro atoms. The summed E-state index contributed by atoms with van der Waals surface area (Å²) in [6.45, 7) is -0.397. The van der Waals surface area contributed by atoms with Gasteiger partial charge in [-0.25, -0.2) is 4.98 Å². The molecule has 0 bridgehead atoms. The molecule has 7 nitrogen and oxygen atoms in total. The fraction of sp³-hybridized carbons (Fsp3) is 0.368. The van der Waals surface area contributed by atoms with Gasteiger partial charge in [0, 0.05) is 31.2 Å². The molecule has 152 valence electrons. The molecule has 0 radical (unpaired) electrons. The van der Waals surface area contributed by atoms with Crippen molar-refractivity contribution in [2.45, 2.75) is 25.6 Å². The summed E-state index contributed by atoms with van der Waals surface area (Å²) in [5.41, 5.74) is 1.68. The molecule has 10 heteroatoms. The number of rotatable bonds is 7. The number of carbonyl (C=O) groups excluding carboxylic acids is 1. The lowest BCUT2D eigenvalue weighted by Crippen LogP contribution is -2.26. The van der Waals surface area contributed by atoms with Crippen LogP contribution >= 0.6 is 0 Å². The maximum atomic E-state index is 12.4. The van der Waals surface area contributed by atoms with Gasteiger partial charge < -0.3 is 10.1 Å². The highest BCUT2D eigenvalue weighted by atomic mass is 19.4. The lowest BCUT2D eigenvalue weighted by Gasteiger charge is -2.08. The van der Waals surface area contributed by atoms with E-state index in [1.807, 2.05) is 0 Å². The molecule has 1 fully saturated rings. The Hall–Kier alpha value is -3.17. The minimum atomic E-state index is -4.41. The van der Waals surface area contributed by atoms with Gasteiger partial charge in [0.1, 0.15) is 5.69 Å². The van der Waals surface area contributed by atoms with E-state index in [9.17, 15) is 18.0 Å². The Morgan fingerprint density at radius 2 is 2.07 bits per heavy atom. The van der Waals surface area contributed by atoms with Gasteiger partial charge in [0.2, 0.25) is 5.88 Å². The van der Waals surface area contributed by atoms with Gasteiger partial charge in [0.15, 0.2) is 6.61 Å². The Bertz CT molecular complexity index is 1010. The van der Waals surface area contributed by atoms with E-state index >= 15 is 0 Å². The molecule has 29 heavy (non-hydrogen) atoms. The largest absolute Gasteiger partial charge is 0.468 e. The zero-order valence-electron chi connectivity index (χ0n) is 15.3. The molecule has 1 aliphatic carbocycles. The lowest BCUT2D eigenvalue weighted by atomic mass is 10.2. The van der Waals surface area contributed by atoms with Gasteiger partial charge in [0.05, 0.1) is 17.4 Å². The van der Waals surface area contributed by atoms with E-state index in [4.69, 9.17) is 0 Å². The van der Waals surface area contributed by atoms with E-state index in [-0.39, 0.29) is 11.8 Å². The molecule has 1 N–H and O–H groups in total. The molecule has 1 aliphatic rings. The van der Waals surface area contributed by atoms with Crippen molar-refractivity contribution in [3.63, 3.8) is 0 Å². The Morgan fingerprint density at radius 1 is 1.24 bits per heavy atom. The molecule has 0 atom stereocenters. The molecule has 0 aromatic carbocycles. The van der Waals surface area contributed by atoms with Crippen molar-refractivity contribution in [2.75, 3.05) is 13.2 Å². The average molecular weight is 405 g/mol. The van der Waals surface area contributed by atoms with E-state index in [1.54, 1.807) is 29.2 Å². The molecule has 3 aromatic heterocycles. The molecule has 3 heterocycles. The summed E-state index contributed by atoms with van der Waals surface area (Å²) in [6.07, 6.45) is 2.57. The molecular formula is C19H18F3N5O2. The second-order valence-electron chi connectivity index (χ2n) is 6.98. The number of alkyl halides is 3. The number of hydrogen-bond acceptors (Lipinski definition) is 5. The zero-order chi connectivity index (χ0) is 20.4. The van der Waals surface area contributed by atoms with Gasteiger partial charge in [0.25, 0.3) is 5.91 Å². The molecular weight excluding hydrogens is 387 g/mol. The Morgan fingerprint density at radius 3 is 2.76 bits per heavy atom. The second-order valence-corrected chi connectivity index (χ2v) is 6.98. The van der Waals surface area contributed by atoms with Crippen molar-refractivity contribution in [2.24, 2.45) is 5.92 Å². The number of halogens is 3. The van der Waals surface area contributed by atoms with Crippen LogP contribution in [0.4, 0.5) is 13.2 Å². The van der Waals surface area contributed by atoms with Crippen molar-refractivity contribution in [1.82, 2.24) is 25.1 Å². The van der Waals surface area contributed by atoms with Gasteiger partial charge in [-0.1, -0.05) is 6.07 Å². The molecule has 0 aliphatic heterocycles. The van der Waals surface area contributed by atoms with Crippen LogP contribution in [0.2, 0.25) is 0 Å². The SMILES string of the molecule is O=C(NCC1CC1)c1nccc2nn(Cc3ccc(OCC(F)(F)F)nc3)cc12. The number of nitrogens with one attached hydrogen (secondary N) is 1. The first-order valence-electron chi connectivity index (χ1n) is 9.12. The minimum absolute atomic E-state index is 0.101. The normalized spacial score (nSPS) is 14.2. The third kappa shape index (κ3) is 5.01. The van der Waals surface area contributed by atoms with E-state index < -0.39 is 12.8 Å². The highest BCUT2D eigenvalue weighted by molar-refractivity contribution is 6.04. The highest BCUT2D eigenvalue weighted by Crippen LogP contribution is 2.27. The quantitative estimate of drug-likeness (QED) is 0.654. The first-order chi connectivity index (χ1) is 13.9. The summed E-state index contributed by atoms with van der Waals surface area (Å²) >= 11 is 0. The third-order valence-electron chi connectivity index (χ3n) is 4.47. The Labute approximate surface area is 163 Å². The van der Waals surface area contributed by atoms with Gasteiger partial charge in [-0.3, -0.25) is 14.5 Å².